The second-order valence-electron chi connectivity index (χ2n) is 5.09. The average molecular weight is 319 g/mol. The predicted molar refractivity (Wildman–Crippen MR) is 88.1 cm³/mol. The average Bonchev–Trinajstić information content (AvgIpc) is 2.95. The minimum atomic E-state index is -0.452. The van der Waals surface area contributed by atoms with Crippen LogP contribution < -0.4 is 10.1 Å². The Morgan fingerprint density at radius 2 is 2.05 bits per heavy atom. The van der Waals surface area contributed by atoms with Gasteiger partial charge in [-0.1, -0.05) is 19.1 Å². The first-order valence-corrected chi connectivity index (χ1v) is 8.18. The molecule has 1 aromatic heterocycles. The molecule has 0 spiro atoms. The van der Waals surface area contributed by atoms with Crippen molar-refractivity contribution in [1.82, 2.24) is 5.32 Å². The van der Waals surface area contributed by atoms with E-state index in [1.165, 1.54) is 5.56 Å². The minimum Gasteiger partial charge on any atom is -0.484 e. The minimum absolute atomic E-state index is 0.0138. The summed E-state index contributed by atoms with van der Waals surface area (Å²) >= 11 is 1.63. The maximum absolute atomic E-state index is 11.8. The summed E-state index contributed by atoms with van der Waals surface area (Å²) in [6.45, 7) is 4.48. The summed E-state index contributed by atoms with van der Waals surface area (Å²) in [7, 11) is 0. The number of amides is 1. The molecule has 1 aromatic carbocycles. The molecule has 2 rings (SSSR count). The van der Waals surface area contributed by atoms with Crippen LogP contribution in [0.4, 0.5) is 0 Å². The number of hydrogen-bond acceptors (Lipinski definition) is 4. The van der Waals surface area contributed by atoms with E-state index in [0.29, 0.717) is 18.7 Å². The number of aliphatic hydroxyl groups excluding tert-OH is 1. The van der Waals surface area contributed by atoms with E-state index >= 15 is 0 Å². The van der Waals surface area contributed by atoms with Crippen LogP contribution in [0.15, 0.2) is 35.7 Å². The molecule has 2 aromatic rings. The zero-order chi connectivity index (χ0) is 15.9. The summed E-state index contributed by atoms with van der Waals surface area (Å²) in [5.74, 6) is 0.472. The molecule has 0 aliphatic heterocycles. The maximum Gasteiger partial charge on any atom is 0.258 e. The number of benzene rings is 1. The van der Waals surface area contributed by atoms with Gasteiger partial charge >= 0.3 is 0 Å². The van der Waals surface area contributed by atoms with Crippen LogP contribution >= 0.6 is 11.3 Å². The zero-order valence-electron chi connectivity index (χ0n) is 12.8. The Morgan fingerprint density at radius 3 is 2.64 bits per heavy atom. The molecular weight excluding hydrogens is 298 g/mol. The third-order valence-corrected chi connectivity index (χ3v) is 4.46. The van der Waals surface area contributed by atoms with Crippen molar-refractivity contribution in [2.75, 3.05) is 6.61 Å². The van der Waals surface area contributed by atoms with Crippen LogP contribution in [-0.4, -0.2) is 17.6 Å². The summed E-state index contributed by atoms with van der Waals surface area (Å²) in [4.78, 5) is 12.9. The largest absolute Gasteiger partial charge is 0.484 e. The number of ether oxygens (including phenoxy) is 1. The van der Waals surface area contributed by atoms with E-state index in [9.17, 15) is 9.90 Å². The van der Waals surface area contributed by atoms with E-state index in [4.69, 9.17) is 4.74 Å². The lowest BCUT2D eigenvalue weighted by atomic mass is 10.1. The van der Waals surface area contributed by atoms with Gasteiger partial charge in [-0.25, -0.2) is 0 Å². The molecule has 5 heteroatoms. The third kappa shape index (κ3) is 4.58. The first-order chi connectivity index (χ1) is 10.6. The highest BCUT2D eigenvalue weighted by molar-refractivity contribution is 7.10. The summed E-state index contributed by atoms with van der Waals surface area (Å²) in [6, 6.07) is 9.21. The van der Waals surface area contributed by atoms with Crippen LogP contribution in [-0.2, 0) is 11.3 Å². The molecule has 118 valence electrons. The van der Waals surface area contributed by atoms with Crippen molar-refractivity contribution in [3.63, 3.8) is 0 Å². The fraction of sp³-hybridized carbons (Fsp3) is 0.353. The van der Waals surface area contributed by atoms with E-state index in [0.717, 1.165) is 10.4 Å². The number of nitrogens with one attached hydrogen (secondary N) is 1. The fourth-order valence-corrected chi connectivity index (χ4v) is 2.83. The molecule has 0 aliphatic rings. The standard InChI is InChI=1S/C17H21NO3S/c1-3-15(19)13-4-6-14(7-5-13)21-11-17(20)18-10-16-12(2)8-9-22-16/h4-9,15,19H,3,10-11H2,1-2H3,(H,18,20). The number of carbonyl (C=O) groups is 1. The molecule has 0 saturated carbocycles. The van der Waals surface area contributed by atoms with E-state index in [2.05, 4.69) is 5.32 Å². The molecule has 2 N–H and O–H groups in total. The van der Waals surface area contributed by atoms with Crippen molar-refractivity contribution >= 4 is 17.2 Å². The number of aryl methyl sites for hydroxylation is 1. The third-order valence-electron chi connectivity index (χ3n) is 3.44. The summed E-state index contributed by atoms with van der Waals surface area (Å²) in [5, 5.41) is 14.6. The highest BCUT2D eigenvalue weighted by Crippen LogP contribution is 2.19. The van der Waals surface area contributed by atoms with Gasteiger partial charge < -0.3 is 15.2 Å². The summed E-state index contributed by atoms with van der Waals surface area (Å²) in [5.41, 5.74) is 2.05. The van der Waals surface area contributed by atoms with E-state index in [-0.39, 0.29) is 12.5 Å². The van der Waals surface area contributed by atoms with Crippen LogP contribution in [0, 0.1) is 6.92 Å². The Morgan fingerprint density at radius 1 is 1.32 bits per heavy atom. The lowest BCUT2D eigenvalue weighted by Crippen LogP contribution is -2.28. The van der Waals surface area contributed by atoms with Gasteiger partial charge in [0.15, 0.2) is 6.61 Å². The molecule has 0 radical (unpaired) electrons. The van der Waals surface area contributed by atoms with Gasteiger partial charge in [-0.3, -0.25) is 4.79 Å². The van der Waals surface area contributed by atoms with Crippen LogP contribution in [0.25, 0.3) is 0 Å². The molecule has 0 fully saturated rings. The van der Waals surface area contributed by atoms with Crippen molar-refractivity contribution in [2.24, 2.45) is 0 Å². The van der Waals surface area contributed by atoms with Crippen molar-refractivity contribution in [1.29, 1.82) is 0 Å². The van der Waals surface area contributed by atoms with E-state index in [1.54, 1.807) is 23.5 Å². The molecular formula is C17H21NO3S. The SMILES string of the molecule is CCC(O)c1ccc(OCC(=O)NCc2sccc2C)cc1. The van der Waals surface area contributed by atoms with Gasteiger partial charge in [-0.05, 0) is 48.1 Å². The van der Waals surface area contributed by atoms with Gasteiger partial charge in [0, 0.05) is 4.88 Å². The fourth-order valence-electron chi connectivity index (χ4n) is 1.99. The molecule has 1 unspecified atom stereocenters. The van der Waals surface area contributed by atoms with Crippen molar-refractivity contribution < 1.29 is 14.6 Å². The van der Waals surface area contributed by atoms with E-state index in [1.807, 2.05) is 37.4 Å². The highest BCUT2D eigenvalue weighted by atomic mass is 32.1. The maximum atomic E-state index is 11.8. The molecule has 1 amide bonds. The molecule has 1 heterocycles. The number of carbonyl (C=O) groups excluding carboxylic acids is 1. The van der Waals surface area contributed by atoms with Crippen LogP contribution in [0.3, 0.4) is 0 Å². The molecule has 0 bridgehead atoms. The van der Waals surface area contributed by atoms with Crippen molar-refractivity contribution in [3.05, 3.63) is 51.7 Å². The van der Waals surface area contributed by atoms with Gasteiger partial charge in [0.2, 0.25) is 0 Å². The van der Waals surface area contributed by atoms with Crippen LogP contribution in [0.5, 0.6) is 5.75 Å². The number of aliphatic hydroxyl groups is 1. The lowest BCUT2D eigenvalue weighted by Gasteiger charge is -2.10. The zero-order valence-corrected chi connectivity index (χ0v) is 13.7. The molecule has 0 aliphatic carbocycles. The van der Waals surface area contributed by atoms with Gasteiger partial charge in [0.25, 0.3) is 5.91 Å². The number of thiophene rings is 1. The Labute approximate surface area is 134 Å². The second kappa shape index (κ2) is 7.96. The van der Waals surface area contributed by atoms with Crippen molar-refractivity contribution in [3.8, 4) is 5.75 Å². The molecule has 0 saturated heterocycles. The van der Waals surface area contributed by atoms with E-state index < -0.39 is 6.10 Å². The highest BCUT2D eigenvalue weighted by Gasteiger charge is 2.07. The Kier molecular flexibility index (Phi) is 5.98. The van der Waals surface area contributed by atoms with Gasteiger partial charge in [0.1, 0.15) is 5.75 Å². The lowest BCUT2D eigenvalue weighted by molar-refractivity contribution is -0.123. The topological polar surface area (TPSA) is 58.6 Å². The van der Waals surface area contributed by atoms with Crippen molar-refractivity contribution in [2.45, 2.75) is 32.9 Å². The number of rotatable bonds is 7. The molecule has 4 nitrogen and oxygen atoms in total. The Hall–Kier alpha value is -1.85. The first kappa shape index (κ1) is 16.5. The smallest absolute Gasteiger partial charge is 0.258 e. The molecule has 1 atom stereocenters. The predicted octanol–water partition coefficient (Wildman–Crippen LogP) is 3.20. The first-order valence-electron chi connectivity index (χ1n) is 7.30. The second-order valence-corrected chi connectivity index (χ2v) is 6.09. The number of hydrogen-bond donors (Lipinski definition) is 2. The summed E-state index contributed by atoms with van der Waals surface area (Å²) in [6.07, 6.45) is 0.219. The Balaban J connectivity index is 1.77. The van der Waals surface area contributed by atoms with Crippen LogP contribution in [0.1, 0.15) is 35.5 Å². The summed E-state index contributed by atoms with van der Waals surface area (Å²) < 4.78 is 5.45. The van der Waals surface area contributed by atoms with Gasteiger partial charge in [-0.15, -0.1) is 11.3 Å². The quantitative estimate of drug-likeness (QED) is 0.824. The van der Waals surface area contributed by atoms with Gasteiger partial charge in [0.05, 0.1) is 12.6 Å². The van der Waals surface area contributed by atoms with Crippen LogP contribution in [0.2, 0.25) is 0 Å². The molecule has 22 heavy (non-hydrogen) atoms. The monoisotopic (exact) mass is 319 g/mol. The normalized spacial score (nSPS) is 12.0. The Bertz CT molecular complexity index is 607. The van der Waals surface area contributed by atoms with Gasteiger partial charge in [-0.2, -0.15) is 0 Å².